The molecule has 7 nitrogen and oxygen atoms in total. The summed E-state index contributed by atoms with van der Waals surface area (Å²) in [6.45, 7) is 0. The molecule has 2 aromatic carbocycles. The standard InChI is InChI=1S/C16H18N2O5S/c1-21-13-6-4-5-12(9-13)11-17-18-24(19,20)16-10-14(22-2)7-8-15(16)23-3/h4-11,18H,1-3H3/b17-11+. The molecule has 1 N–H and O–H groups in total. The Balaban J connectivity index is 2.23. The van der Waals surface area contributed by atoms with E-state index in [1.54, 1.807) is 37.4 Å². The summed E-state index contributed by atoms with van der Waals surface area (Å²) in [6.07, 6.45) is 1.38. The Morgan fingerprint density at radius 3 is 2.33 bits per heavy atom. The lowest BCUT2D eigenvalue weighted by atomic mass is 10.2. The van der Waals surface area contributed by atoms with Crippen LogP contribution in [0, 0.1) is 0 Å². The minimum atomic E-state index is -3.91. The van der Waals surface area contributed by atoms with Crippen molar-refractivity contribution in [1.82, 2.24) is 4.83 Å². The number of ether oxygens (including phenoxy) is 3. The van der Waals surface area contributed by atoms with E-state index < -0.39 is 10.0 Å². The highest BCUT2D eigenvalue weighted by molar-refractivity contribution is 7.89. The molecule has 2 aromatic rings. The van der Waals surface area contributed by atoms with Crippen molar-refractivity contribution in [3.8, 4) is 17.2 Å². The maximum Gasteiger partial charge on any atom is 0.280 e. The number of nitrogens with zero attached hydrogens (tertiary/aromatic N) is 1. The third kappa shape index (κ3) is 4.17. The van der Waals surface area contributed by atoms with Crippen molar-refractivity contribution in [1.29, 1.82) is 0 Å². The number of methoxy groups -OCH3 is 3. The summed E-state index contributed by atoms with van der Waals surface area (Å²) < 4.78 is 40.0. The van der Waals surface area contributed by atoms with Crippen LogP contribution >= 0.6 is 0 Å². The van der Waals surface area contributed by atoms with Gasteiger partial charge < -0.3 is 14.2 Å². The molecule has 0 heterocycles. The first kappa shape index (κ1) is 17.6. The highest BCUT2D eigenvalue weighted by atomic mass is 32.2. The number of nitrogens with one attached hydrogen (secondary N) is 1. The first-order chi connectivity index (χ1) is 11.5. The van der Waals surface area contributed by atoms with E-state index in [0.29, 0.717) is 17.1 Å². The largest absolute Gasteiger partial charge is 0.497 e. The Morgan fingerprint density at radius 1 is 0.958 bits per heavy atom. The molecule has 0 spiro atoms. The Labute approximate surface area is 140 Å². The van der Waals surface area contributed by atoms with Gasteiger partial charge in [-0.2, -0.15) is 18.4 Å². The van der Waals surface area contributed by atoms with Crippen molar-refractivity contribution in [2.75, 3.05) is 21.3 Å². The van der Waals surface area contributed by atoms with Crippen LogP contribution in [0.2, 0.25) is 0 Å². The summed E-state index contributed by atoms with van der Waals surface area (Å²) in [5.41, 5.74) is 0.689. The number of hydrazone groups is 1. The van der Waals surface area contributed by atoms with E-state index in [1.165, 1.54) is 32.6 Å². The second-order valence-electron chi connectivity index (χ2n) is 4.65. The highest BCUT2D eigenvalue weighted by Crippen LogP contribution is 2.27. The van der Waals surface area contributed by atoms with E-state index in [4.69, 9.17) is 14.2 Å². The van der Waals surface area contributed by atoms with Crippen molar-refractivity contribution in [3.05, 3.63) is 48.0 Å². The second kappa shape index (κ2) is 7.69. The fourth-order valence-electron chi connectivity index (χ4n) is 1.94. The molecule has 0 aromatic heterocycles. The summed E-state index contributed by atoms with van der Waals surface area (Å²) in [4.78, 5) is 2.09. The van der Waals surface area contributed by atoms with Gasteiger partial charge in [0, 0.05) is 6.07 Å². The molecule has 128 valence electrons. The molecule has 0 aliphatic rings. The van der Waals surface area contributed by atoms with Gasteiger partial charge in [0.25, 0.3) is 10.0 Å². The molecule has 0 unspecified atom stereocenters. The van der Waals surface area contributed by atoms with Gasteiger partial charge in [-0.25, -0.2) is 0 Å². The fraction of sp³-hybridized carbons (Fsp3) is 0.188. The van der Waals surface area contributed by atoms with Crippen LogP contribution in [0.4, 0.5) is 0 Å². The molecule has 0 saturated carbocycles. The molecule has 2 rings (SSSR count). The van der Waals surface area contributed by atoms with Crippen LogP contribution in [0.3, 0.4) is 0 Å². The SMILES string of the molecule is COc1cccc(/C=N/NS(=O)(=O)c2cc(OC)ccc2OC)c1. The number of sulfonamides is 1. The van der Waals surface area contributed by atoms with E-state index in [0.717, 1.165) is 0 Å². The number of benzene rings is 2. The van der Waals surface area contributed by atoms with Gasteiger partial charge in [0.1, 0.15) is 22.1 Å². The molecule has 0 radical (unpaired) electrons. The highest BCUT2D eigenvalue weighted by Gasteiger charge is 2.19. The molecular weight excluding hydrogens is 332 g/mol. The average Bonchev–Trinajstić information content (AvgIpc) is 2.61. The number of hydrogen-bond donors (Lipinski definition) is 1. The predicted molar refractivity (Wildman–Crippen MR) is 90.5 cm³/mol. The fourth-order valence-corrected chi connectivity index (χ4v) is 2.91. The Hall–Kier alpha value is -2.74. The Kier molecular flexibility index (Phi) is 5.64. The Bertz CT molecular complexity index is 834. The van der Waals surface area contributed by atoms with E-state index in [1.807, 2.05) is 0 Å². The molecule has 0 fully saturated rings. The lowest BCUT2D eigenvalue weighted by Crippen LogP contribution is -2.19. The van der Waals surface area contributed by atoms with Crippen LogP contribution in [-0.4, -0.2) is 36.0 Å². The minimum absolute atomic E-state index is 0.0628. The van der Waals surface area contributed by atoms with E-state index in [9.17, 15) is 8.42 Å². The van der Waals surface area contributed by atoms with E-state index in [2.05, 4.69) is 9.93 Å². The van der Waals surface area contributed by atoms with Crippen LogP contribution in [0.15, 0.2) is 52.5 Å². The van der Waals surface area contributed by atoms with Crippen molar-refractivity contribution in [2.45, 2.75) is 4.90 Å². The van der Waals surface area contributed by atoms with Crippen LogP contribution in [-0.2, 0) is 10.0 Å². The van der Waals surface area contributed by atoms with Crippen LogP contribution in [0.1, 0.15) is 5.56 Å². The topological polar surface area (TPSA) is 86.2 Å². The van der Waals surface area contributed by atoms with Crippen LogP contribution in [0.25, 0.3) is 0 Å². The quantitative estimate of drug-likeness (QED) is 0.610. The van der Waals surface area contributed by atoms with Gasteiger partial charge in [0.2, 0.25) is 0 Å². The molecule has 0 saturated heterocycles. The minimum Gasteiger partial charge on any atom is -0.497 e. The Morgan fingerprint density at radius 2 is 1.67 bits per heavy atom. The molecular formula is C16H18N2O5S. The zero-order chi connectivity index (χ0) is 17.6. The second-order valence-corrected chi connectivity index (χ2v) is 6.28. The van der Waals surface area contributed by atoms with E-state index >= 15 is 0 Å². The normalized spacial score (nSPS) is 11.3. The van der Waals surface area contributed by atoms with Gasteiger partial charge in [-0.3, -0.25) is 0 Å². The van der Waals surface area contributed by atoms with Crippen molar-refractivity contribution >= 4 is 16.2 Å². The first-order valence-electron chi connectivity index (χ1n) is 6.91. The summed E-state index contributed by atoms with van der Waals surface area (Å²) >= 11 is 0. The summed E-state index contributed by atoms with van der Waals surface area (Å²) in [5, 5.41) is 3.78. The van der Waals surface area contributed by atoms with Gasteiger partial charge in [0.15, 0.2) is 0 Å². The van der Waals surface area contributed by atoms with Gasteiger partial charge in [0.05, 0.1) is 27.5 Å². The maximum absolute atomic E-state index is 12.4. The molecule has 0 bridgehead atoms. The monoisotopic (exact) mass is 350 g/mol. The summed E-state index contributed by atoms with van der Waals surface area (Å²) in [7, 11) is 0.484. The lowest BCUT2D eigenvalue weighted by Gasteiger charge is -2.10. The summed E-state index contributed by atoms with van der Waals surface area (Å²) in [5.74, 6) is 1.24. The van der Waals surface area contributed by atoms with Gasteiger partial charge in [-0.05, 0) is 29.8 Å². The van der Waals surface area contributed by atoms with Gasteiger partial charge >= 0.3 is 0 Å². The third-order valence-electron chi connectivity index (χ3n) is 3.14. The lowest BCUT2D eigenvalue weighted by molar-refractivity contribution is 0.392. The zero-order valence-corrected chi connectivity index (χ0v) is 14.3. The van der Waals surface area contributed by atoms with Gasteiger partial charge in [-0.1, -0.05) is 12.1 Å². The molecule has 0 aliphatic heterocycles. The number of rotatable bonds is 7. The van der Waals surface area contributed by atoms with Crippen molar-refractivity contribution in [3.63, 3.8) is 0 Å². The van der Waals surface area contributed by atoms with Crippen LogP contribution in [0.5, 0.6) is 17.2 Å². The zero-order valence-electron chi connectivity index (χ0n) is 13.5. The van der Waals surface area contributed by atoms with Crippen molar-refractivity contribution < 1.29 is 22.6 Å². The third-order valence-corrected chi connectivity index (χ3v) is 4.38. The smallest absolute Gasteiger partial charge is 0.280 e. The predicted octanol–water partition coefficient (Wildman–Crippen LogP) is 2.02. The van der Waals surface area contributed by atoms with Crippen molar-refractivity contribution in [2.24, 2.45) is 5.10 Å². The first-order valence-corrected chi connectivity index (χ1v) is 8.39. The van der Waals surface area contributed by atoms with E-state index in [-0.39, 0.29) is 10.6 Å². The molecule has 8 heteroatoms. The van der Waals surface area contributed by atoms with Gasteiger partial charge in [-0.15, -0.1) is 0 Å². The average molecular weight is 350 g/mol. The van der Waals surface area contributed by atoms with Crippen LogP contribution < -0.4 is 19.0 Å². The molecule has 0 atom stereocenters. The molecule has 0 aliphatic carbocycles. The maximum atomic E-state index is 12.4. The molecule has 24 heavy (non-hydrogen) atoms. The summed E-state index contributed by atoms with van der Waals surface area (Å²) in [6, 6.07) is 11.5. The molecule has 0 amide bonds. The number of hydrogen-bond acceptors (Lipinski definition) is 6.